The average molecular weight is 337 g/mol. The maximum absolute atomic E-state index is 12.6. The summed E-state index contributed by atoms with van der Waals surface area (Å²) in [5, 5.41) is 3.65. The van der Waals surface area contributed by atoms with E-state index in [4.69, 9.17) is 0 Å². The molecule has 2 bridgehead atoms. The zero-order valence-electron chi connectivity index (χ0n) is 14.4. The molecule has 1 aromatic rings. The van der Waals surface area contributed by atoms with E-state index in [1.165, 1.54) is 36.8 Å². The lowest BCUT2D eigenvalue weighted by atomic mass is 9.89. The first kappa shape index (κ1) is 18.3. The van der Waals surface area contributed by atoms with Gasteiger partial charge in [0.1, 0.15) is 0 Å². The first-order valence-corrected chi connectivity index (χ1v) is 8.61. The van der Waals surface area contributed by atoms with Gasteiger partial charge in [0.15, 0.2) is 0 Å². The second-order valence-electron chi connectivity index (χ2n) is 7.27. The van der Waals surface area contributed by atoms with E-state index in [0.29, 0.717) is 30.3 Å². The van der Waals surface area contributed by atoms with Crippen molar-refractivity contribution >= 4 is 18.3 Å². The van der Waals surface area contributed by atoms with Crippen molar-refractivity contribution in [2.24, 2.45) is 5.92 Å². The molecule has 2 aliphatic rings. The van der Waals surface area contributed by atoms with E-state index >= 15 is 0 Å². The zero-order valence-corrected chi connectivity index (χ0v) is 15.2. The van der Waals surface area contributed by atoms with Crippen molar-refractivity contribution in [3.05, 3.63) is 35.4 Å². The normalized spacial score (nSPS) is 27.2. The number of carbonyl (C=O) groups is 1. The molecule has 2 fully saturated rings. The first-order chi connectivity index (χ1) is 10.5. The van der Waals surface area contributed by atoms with E-state index in [0.717, 1.165) is 0 Å². The van der Waals surface area contributed by atoms with Gasteiger partial charge >= 0.3 is 0 Å². The van der Waals surface area contributed by atoms with Crippen molar-refractivity contribution in [3.63, 3.8) is 0 Å². The average Bonchev–Trinajstić information content (AvgIpc) is 2.85. The summed E-state index contributed by atoms with van der Waals surface area (Å²) in [5.74, 6) is 0.860. The number of carbonyl (C=O) groups excluding carboxylic acids is 1. The van der Waals surface area contributed by atoms with Gasteiger partial charge in [-0.3, -0.25) is 4.79 Å². The highest BCUT2D eigenvalue weighted by atomic mass is 35.5. The fraction of sp³-hybridized carbons (Fsp3) is 0.632. The Hall–Kier alpha value is -1.06. The van der Waals surface area contributed by atoms with Gasteiger partial charge in [-0.25, -0.2) is 0 Å². The van der Waals surface area contributed by atoms with Crippen molar-refractivity contribution in [2.45, 2.75) is 64.1 Å². The molecule has 3 rings (SSSR count). The Balaban J connectivity index is 0.00000192. The lowest BCUT2D eigenvalue weighted by Gasteiger charge is -2.31. The van der Waals surface area contributed by atoms with Crippen molar-refractivity contribution in [1.29, 1.82) is 0 Å². The van der Waals surface area contributed by atoms with E-state index in [-0.39, 0.29) is 18.4 Å². The predicted molar refractivity (Wildman–Crippen MR) is 96.9 cm³/mol. The summed E-state index contributed by atoms with van der Waals surface area (Å²) >= 11 is 0. The summed E-state index contributed by atoms with van der Waals surface area (Å²) in [6.45, 7) is 4.21. The van der Waals surface area contributed by atoms with Gasteiger partial charge in [-0.15, -0.1) is 12.4 Å². The van der Waals surface area contributed by atoms with Gasteiger partial charge < -0.3 is 10.2 Å². The van der Waals surface area contributed by atoms with Crippen LogP contribution in [0, 0.1) is 12.8 Å². The molecule has 1 N–H and O–H groups in total. The molecule has 23 heavy (non-hydrogen) atoms. The van der Waals surface area contributed by atoms with Gasteiger partial charge in [-0.05, 0) is 51.0 Å². The number of rotatable bonds is 4. The lowest BCUT2D eigenvalue weighted by molar-refractivity contribution is -0.133. The minimum Gasteiger partial charge on any atom is -0.339 e. The minimum atomic E-state index is 0. The second-order valence-corrected chi connectivity index (χ2v) is 7.27. The first-order valence-electron chi connectivity index (χ1n) is 8.61. The Bertz CT molecular complexity index is 519. The third-order valence-corrected chi connectivity index (χ3v) is 5.57. The molecular weight excluding hydrogens is 308 g/mol. The molecule has 0 aromatic heterocycles. The number of hydrogen-bond acceptors (Lipinski definition) is 2. The van der Waals surface area contributed by atoms with Crippen LogP contribution in [0.15, 0.2) is 24.3 Å². The van der Waals surface area contributed by atoms with Crippen LogP contribution in [0.2, 0.25) is 0 Å². The van der Waals surface area contributed by atoms with Crippen molar-refractivity contribution < 1.29 is 4.79 Å². The molecule has 1 amide bonds. The summed E-state index contributed by atoms with van der Waals surface area (Å²) in [4.78, 5) is 14.6. The van der Waals surface area contributed by atoms with Crippen LogP contribution in [0.1, 0.15) is 56.2 Å². The molecule has 1 aromatic carbocycles. The monoisotopic (exact) mass is 336 g/mol. The highest BCUT2D eigenvalue weighted by molar-refractivity contribution is 5.85. The molecule has 128 valence electrons. The minimum absolute atomic E-state index is 0. The summed E-state index contributed by atoms with van der Waals surface area (Å²) in [6.07, 6.45) is 5.65. The van der Waals surface area contributed by atoms with E-state index in [2.05, 4.69) is 43.4 Å². The number of piperidine rings is 1. The van der Waals surface area contributed by atoms with Gasteiger partial charge in [0.2, 0.25) is 5.91 Å². The number of nitrogens with zero attached hydrogens (tertiary/aromatic N) is 1. The van der Waals surface area contributed by atoms with E-state index in [1.807, 2.05) is 11.9 Å². The van der Waals surface area contributed by atoms with Gasteiger partial charge in [-0.2, -0.15) is 0 Å². The topological polar surface area (TPSA) is 32.3 Å². The van der Waals surface area contributed by atoms with E-state index < -0.39 is 0 Å². The molecule has 0 spiro atoms. The Labute approximate surface area is 146 Å². The SMILES string of the molecule is Cc1ccc(C(C)N(C)C(=O)CC2CC3CCC(C2)N3)cc1.Cl. The standard InChI is InChI=1S/C19H28N2O.ClH/c1-13-4-6-16(7-5-13)14(2)21(3)19(22)12-15-10-17-8-9-18(11-15)20-17;/h4-7,14-15,17-18,20H,8-12H2,1-3H3;1H. The van der Waals surface area contributed by atoms with Crippen LogP contribution < -0.4 is 5.32 Å². The summed E-state index contributed by atoms with van der Waals surface area (Å²) in [5.41, 5.74) is 2.47. The van der Waals surface area contributed by atoms with Crippen molar-refractivity contribution in [3.8, 4) is 0 Å². The number of hydrogen-bond donors (Lipinski definition) is 1. The van der Waals surface area contributed by atoms with Gasteiger partial charge in [-0.1, -0.05) is 29.8 Å². The van der Waals surface area contributed by atoms with Crippen LogP contribution in [-0.2, 0) is 4.79 Å². The predicted octanol–water partition coefficient (Wildman–Crippen LogP) is 3.86. The Morgan fingerprint density at radius 3 is 2.35 bits per heavy atom. The molecule has 0 aliphatic carbocycles. The van der Waals surface area contributed by atoms with Crippen molar-refractivity contribution in [2.75, 3.05) is 7.05 Å². The molecule has 2 heterocycles. The van der Waals surface area contributed by atoms with Crippen LogP contribution in [0.4, 0.5) is 0 Å². The number of nitrogens with one attached hydrogen (secondary N) is 1. The summed E-state index contributed by atoms with van der Waals surface area (Å²) in [7, 11) is 1.95. The molecule has 2 aliphatic heterocycles. The number of amides is 1. The molecule has 2 saturated heterocycles. The van der Waals surface area contributed by atoms with E-state index in [9.17, 15) is 4.79 Å². The van der Waals surface area contributed by atoms with Crippen LogP contribution in [0.5, 0.6) is 0 Å². The van der Waals surface area contributed by atoms with Crippen molar-refractivity contribution in [1.82, 2.24) is 10.2 Å². The van der Waals surface area contributed by atoms with Gasteiger partial charge in [0, 0.05) is 25.6 Å². The molecule has 0 saturated carbocycles. The summed E-state index contributed by atoms with van der Waals surface area (Å²) < 4.78 is 0. The third kappa shape index (κ3) is 4.27. The third-order valence-electron chi connectivity index (χ3n) is 5.57. The summed E-state index contributed by atoms with van der Waals surface area (Å²) in [6, 6.07) is 9.98. The zero-order chi connectivity index (χ0) is 15.7. The lowest BCUT2D eigenvalue weighted by Crippen LogP contribution is -2.40. The fourth-order valence-electron chi connectivity index (χ4n) is 4.02. The Morgan fingerprint density at radius 2 is 1.78 bits per heavy atom. The number of fused-ring (bicyclic) bond motifs is 2. The Morgan fingerprint density at radius 1 is 1.22 bits per heavy atom. The second kappa shape index (κ2) is 7.67. The number of benzene rings is 1. The highest BCUT2D eigenvalue weighted by Crippen LogP contribution is 2.33. The van der Waals surface area contributed by atoms with Gasteiger partial charge in [0.05, 0.1) is 6.04 Å². The molecule has 3 atom stereocenters. The molecule has 3 nitrogen and oxygen atoms in total. The molecule has 4 heteroatoms. The molecule has 0 radical (unpaired) electrons. The van der Waals surface area contributed by atoms with Crippen LogP contribution in [0.25, 0.3) is 0 Å². The maximum atomic E-state index is 12.6. The maximum Gasteiger partial charge on any atom is 0.223 e. The highest BCUT2D eigenvalue weighted by Gasteiger charge is 2.34. The van der Waals surface area contributed by atoms with Crippen LogP contribution in [-0.4, -0.2) is 29.9 Å². The molecule has 3 unspecified atom stereocenters. The van der Waals surface area contributed by atoms with Gasteiger partial charge in [0.25, 0.3) is 0 Å². The van der Waals surface area contributed by atoms with E-state index in [1.54, 1.807) is 0 Å². The quantitative estimate of drug-likeness (QED) is 0.905. The molecular formula is C19H29ClN2O. The Kier molecular flexibility index (Phi) is 6.10. The smallest absolute Gasteiger partial charge is 0.223 e. The fourth-order valence-corrected chi connectivity index (χ4v) is 4.02. The largest absolute Gasteiger partial charge is 0.339 e. The number of halogens is 1. The van der Waals surface area contributed by atoms with Crippen LogP contribution in [0.3, 0.4) is 0 Å². The number of aryl methyl sites for hydroxylation is 1. The van der Waals surface area contributed by atoms with Crippen LogP contribution >= 0.6 is 12.4 Å².